The van der Waals surface area contributed by atoms with Crippen LogP contribution in [0.2, 0.25) is 0 Å². The van der Waals surface area contributed by atoms with Gasteiger partial charge in [0.25, 0.3) is 0 Å². The van der Waals surface area contributed by atoms with Crippen LogP contribution in [-0.4, -0.2) is 131 Å². The third-order valence-corrected chi connectivity index (χ3v) is 11.9. The van der Waals surface area contributed by atoms with Crippen LogP contribution in [-0.2, 0) is 16.1 Å². The summed E-state index contributed by atoms with van der Waals surface area (Å²) < 4.78 is 30.4. The van der Waals surface area contributed by atoms with Gasteiger partial charge in [0.05, 0.1) is 24.8 Å². The highest BCUT2D eigenvalue weighted by Crippen LogP contribution is 2.54. The fourth-order valence-corrected chi connectivity index (χ4v) is 8.74. The summed E-state index contributed by atoms with van der Waals surface area (Å²) in [5.41, 5.74) is -3.69. The molecule has 0 amide bonds. The molecule has 1 saturated heterocycles. The average molecular weight is 898 g/mol. The number of rotatable bonds is 17. The molecule has 1 fully saturated rings. The Balaban J connectivity index is 1.14. The van der Waals surface area contributed by atoms with Crippen molar-refractivity contribution in [3.05, 3.63) is 101 Å². The van der Waals surface area contributed by atoms with Gasteiger partial charge in [-0.25, -0.2) is 9.79 Å². The van der Waals surface area contributed by atoms with Gasteiger partial charge < -0.3 is 69.6 Å². The van der Waals surface area contributed by atoms with Crippen LogP contribution in [0, 0.1) is 5.92 Å². The van der Waals surface area contributed by atoms with Crippen LogP contribution >= 0.6 is 0 Å². The first-order chi connectivity index (χ1) is 31.2. The van der Waals surface area contributed by atoms with E-state index in [1.54, 1.807) is 36.4 Å². The monoisotopic (exact) mass is 897 g/mol. The quantitative estimate of drug-likeness (QED) is 0.0680. The van der Waals surface area contributed by atoms with Crippen molar-refractivity contribution in [2.45, 2.75) is 87.2 Å². The van der Waals surface area contributed by atoms with E-state index in [1.807, 2.05) is 6.92 Å². The van der Waals surface area contributed by atoms with Gasteiger partial charge in [-0.15, -0.1) is 0 Å². The fraction of sp³-hybridized carbons (Fsp3) is 0.370. The molecule has 3 aromatic rings. The molecule has 0 saturated carbocycles. The zero-order valence-corrected chi connectivity index (χ0v) is 35.0. The van der Waals surface area contributed by atoms with E-state index < -0.39 is 89.5 Å². The predicted octanol–water partition coefficient (Wildman–Crippen LogP) is 1.61. The molecule has 1 unspecified atom stereocenters. The van der Waals surface area contributed by atoms with Gasteiger partial charge in [-0.3, -0.25) is 10.4 Å². The highest BCUT2D eigenvalue weighted by molar-refractivity contribution is 6.15. The predicted molar refractivity (Wildman–Crippen MR) is 231 cm³/mol. The molecular weight excluding hydrogens is 849 g/mol. The van der Waals surface area contributed by atoms with Gasteiger partial charge in [0.1, 0.15) is 59.3 Å². The summed E-state index contributed by atoms with van der Waals surface area (Å²) in [6, 6.07) is 13.6. The van der Waals surface area contributed by atoms with E-state index in [9.17, 15) is 50.8 Å². The summed E-state index contributed by atoms with van der Waals surface area (Å²) >= 11 is 0. The van der Waals surface area contributed by atoms with Crippen LogP contribution < -0.4 is 24.4 Å². The van der Waals surface area contributed by atoms with Crippen LogP contribution in [0.15, 0.2) is 99.5 Å². The van der Waals surface area contributed by atoms with Gasteiger partial charge in [0.2, 0.25) is 12.0 Å². The number of fused-ring (bicyclic) bond motifs is 3. The van der Waals surface area contributed by atoms with Crippen molar-refractivity contribution in [2.75, 3.05) is 13.2 Å². The van der Waals surface area contributed by atoms with Crippen molar-refractivity contribution in [1.82, 2.24) is 0 Å². The first-order valence-electron chi connectivity index (χ1n) is 20.9. The van der Waals surface area contributed by atoms with E-state index in [4.69, 9.17) is 29.1 Å². The number of amidine groups is 1. The van der Waals surface area contributed by atoms with Gasteiger partial charge in [-0.1, -0.05) is 49.6 Å². The molecular formula is C46H49N4O15+. The molecule has 8 rings (SSSR count). The van der Waals surface area contributed by atoms with E-state index in [0.717, 1.165) is 12.8 Å². The number of phenols is 2. The Hall–Kier alpha value is -6.61. The first kappa shape index (κ1) is 45.0. The van der Waals surface area contributed by atoms with Crippen molar-refractivity contribution >= 4 is 35.3 Å². The number of hydrogen-bond acceptors (Lipinski definition) is 16. The maximum atomic E-state index is 13.0. The van der Waals surface area contributed by atoms with E-state index in [-0.39, 0.29) is 59.6 Å². The molecule has 5 aliphatic rings. The van der Waals surface area contributed by atoms with Crippen molar-refractivity contribution in [2.24, 2.45) is 20.9 Å². The van der Waals surface area contributed by atoms with E-state index in [2.05, 4.69) is 15.0 Å². The largest absolute Gasteiger partial charge is 0.508 e. The lowest BCUT2D eigenvalue weighted by molar-refractivity contribution is -0.338. The second-order valence-electron chi connectivity index (χ2n) is 16.3. The molecule has 1 aliphatic carbocycles. The number of carboxylic acids is 1. The first-order valence-corrected chi connectivity index (χ1v) is 20.9. The molecule has 9 atom stereocenters. The zero-order valence-electron chi connectivity index (χ0n) is 35.0. The number of aromatic hydroxyl groups is 2. The van der Waals surface area contributed by atoms with Crippen LogP contribution in [0.25, 0.3) is 5.76 Å². The number of carbonyl (C=O) groups is 1. The Kier molecular flexibility index (Phi) is 12.5. The van der Waals surface area contributed by atoms with Crippen molar-refractivity contribution in [1.29, 1.82) is 0 Å². The lowest BCUT2D eigenvalue weighted by Gasteiger charge is -2.57. The fourth-order valence-electron chi connectivity index (χ4n) is 8.74. The number of unbranched alkanes of at least 4 members (excludes halogenated alkanes) is 2. The summed E-state index contributed by atoms with van der Waals surface area (Å²) in [4.78, 5) is 25.4. The molecule has 0 spiro atoms. The highest BCUT2D eigenvalue weighted by atomic mass is 16.7. The molecule has 4 aliphatic heterocycles. The van der Waals surface area contributed by atoms with Crippen molar-refractivity contribution < 1.29 is 79.8 Å². The number of aliphatic imine (C=N–C) groups is 3. The zero-order chi connectivity index (χ0) is 46.2. The van der Waals surface area contributed by atoms with Gasteiger partial charge in [0, 0.05) is 18.2 Å². The standard InChI is InChI=1S/C46H48N4O15/c1-2-3-4-7-25-18-45(59)43(58)46(60,37(25)29-19-48-22-49-29)41(42(56)57)65-44(45)64-33-17-32-36(39(55)40(33)61-21-23-6-5-8-26(52)15-23)30(53)16-31(63-32)24-9-11-27(12-10-24)62-34(20-51)38(54)28-13-14-35(47)50-28/h5-6,8-18,22,31,34,37-38,41,43-44,47,51-55,58-60H,2-4,7,19-21H2,1H3,(H,56,57)/p+1/t31?,34-,37-,38-,41-,43+,44-,45-,46-/m1/s1. The summed E-state index contributed by atoms with van der Waals surface area (Å²) in [6.45, 7) is 1.17. The summed E-state index contributed by atoms with van der Waals surface area (Å²) in [5, 5.41) is 107. The third-order valence-electron chi connectivity index (χ3n) is 11.9. The molecule has 19 nitrogen and oxygen atoms in total. The minimum Gasteiger partial charge on any atom is -0.508 e. The SMILES string of the molecule is CCCCCC1=C[C@]2(O)[C@H](Oc3cc4c(c(O)c3OCc3cccc(O)c3)C(O)=CC(c3ccc(O[C@H](CO)[C@H](O)C5=NC(=[NH2+])C=C5)cc3)O4)O[C@H](C(=O)O)[C@](O)([C@H]1C1=NC=NC1)[C@H]2O. The summed E-state index contributed by atoms with van der Waals surface area (Å²) in [6.07, 6.45) is -0.534. The van der Waals surface area contributed by atoms with Crippen LogP contribution in [0.5, 0.6) is 34.5 Å². The van der Waals surface area contributed by atoms with Gasteiger partial charge in [0.15, 0.2) is 41.1 Å². The molecule has 65 heavy (non-hydrogen) atoms. The summed E-state index contributed by atoms with van der Waals surface area (Å²) in [5.74, 6) is -4.61. The second-order valence-corrected chi connectivity index (χ2v) is 16.3. The number of ether oxygens (including phenoxy) is 5. The Morgan fingerprint density at radius 2 is 1.85 bits per heavy atom. The number of aliphatic carboxylic acids is 1. The number of nitrogens with zero attached hydrogens (tertiary/aromatic N) is 3. The lowest BCUT2D eigenvalue weighted by atomic mass is 9.60. The van der Waals surface area contributed by atoms with E-state index in [1.165, 1.54) is 48.8 Å². The molecule has 19 heteroatoms. The van der Waals surface area contributed by atoms with E-state index >= 15 is 0 Å². The molecule has 0 radical (unpaired) electrons. The maximum absolute atomic E-state index is 13.0. The van der Waals surface area contributed by atoms with Crippen LogP contribution in [0.1, 0.15) is 55.4 Å². The summed E-state index contributed by atoms with van der Waals surface area (Å²) in [7, 11) is 0. The Bertz CT molecular complexity index is 2540. The highest BCUT2D eigenvalue weighted by Gasteiger charge is 2.71. The number of aliphatic hydroxyl groups is 6. The van der Waals surface area contributed by atoms with Crippen molar-refractivity contribution in [3.8, 4) is 34.5 Å². The van der Waals surface area contributed by atoms with Gasteiger partial charge in [-0.2, -0.15) is 0 Å². The second kappa shape index (κ2) is 18.1. The smallest absolute Gasteiger partial charge is 0.336 e. The van der Waals surface area contributed by atoms with E-state index in [0.29, 0.717) is 23.1 Å². The number of hydrogen-bond donors (Lipinski definition) is 10. The third kappa shape index (κ3) is 8.45. The minimum atomic E-state index is -2.66. The average Bonchev–Trinajstić information content (AvgIpc) is 3.97. The molecule has 11 N–H and O–H groups in total. The molecule has 2 bridgehead atoms. The number of phenolic OH excluding ortho intramolecular Hbond substituents is 2. The number of benzene rings is 3. The Morgan fingerprint density at radius 3 is 2.51 bits per heavy atom. The topological polar surface area (TPSA) is 308 Å². The van der Waals surface area contributed by atoms with Gasteiger partial charge >= 0.3 is 11.8 Å². The van der Waals surface area contributed by atoms with Crippen LogP contribution in [0.3, 0.4) is 0 Å². The Labute approximate surface area is 371 Å². The lowest BCUT2D eigenvalue weighted by Crippen LogP contribution is -2.79. The normalized spacial score (nSPS) is 27.4. The van der Waals surface area contributed by atoms with Gasteiger partial charge in [-0.05, 0) is 65.4 Å². The molecule has 3 aromatic carbocycles. The number of carboxylic acid groups (broad SMARTS) is 1. The minimum absolute atomic E-state index is 0.0160. The number of aliphatic hydroxyl groups excluding tert-OH is 4. The molecule has 4 heterocycles. The van der Waals surface area contributed by atoms with Crippen molar-refractivity contribution in [3.63, 3.8) is 0 Å². The maximum Gasteiger partial charge on any atom is 0.336 e. The molecule has 342 valence electrons. The van der Waals surface area contributed by atoms with Crippen LogP contribution in [0.4, 0.5) is 0 Å². The number of nitrogens with two attached hydrogens (primary N) is 1. The molecule has 0 aromatic heterocycles. The Morgan fingerprint density at radius 1 is 1.06 bits per heavy atom.